The number of carbonyl (C=O) groups is 1. The summed E-state index contributed by atoms with van der Waals surface area (Å²) < 4.78 is 25.9. The van der Waals surface area contributed by atoms with Gasteiger partial charge in [-0.05, 0) is 31.5 Å². The van der Waals surface area contributed by atoms with Crippen LogP contribution in [0.3, 0.4) is 0 Å². The fourth-order valence-corrected chi connectivity index (χ4v) is 5.40. The normalized spacial score (nSPS) is 26.1. The van der Waals surface area contributed by atoms with Crippen molar-refractivity contribution in [2.24, 2.45) is 5.73 Å². The van der Waals surface area contributed by atoms with Gasteiger partial charge in [-0.3, -0.25) is 4.79 Å². The molecule has 0 aliphatic heterocycles. The van der Waals surface area contributed by atoms with Gasteiger partial charge in [-0.2, -0.15) is 0 Å². The van der Waals surface area contributed by atoms with Crippen molar-refractivity contribution in [2.75, 3.05) is 0 Å². The SMILES string of the molecule is Cc1ccc([C@H]2[C@H](S(=O)(=O)c3ccc(C)cc3)[C@@]2(N)C(=O)O)cc1. The molecule has 24 heavy (non-hydrogen) atoms. The molecule has 0 unspecified atom stereocenters. The van der Waals surface area contributed by atoms with Crippen molar-refractivity contribution >= 4 is 15.8 Å². The average molecular weight is 345 g/mol. The maximum Gasteiger partial charge on any atom is 0.325 e. The average Bonchev–Trinajstić information content (AvgIpc) is 3.17. The molecular formula is C18H19NO4S. The van der Waals surface area contributed by atoms with Crippen molar-refractivity contribution in [1.82, 2.24) is 0 Å². The molecule has 3 rings (SSSR count). The van der Waals surface area contributed by atoms with Crippen molar-refractivity contribution in [3.63, 3.8) is 0 Å². The highest BCUT2D eigenvalue weighted by Crippen LogP contribution is 2.55. The van der Waals surface area contributed by atoms with Gasteiger partial charge in [-0.15, -0.1) is 0 Å². The topological polar surface area (TPSA) is 97.5 Å². The zero-order valence-corrected chi connectivity index (χ0v) is 14.2. The molecular weight excluding hydrogens is 326 g/mol. The summed E-state index contributed by atoms with van der Waals surface area (Å²) in [5, 5.41) is 8.36. The van der Waals surface area contributed by atoms with E-state index in [-0.39, 0.29) is 4.90 Å². The van der Waals surface area contributed by atoms with E-state index in [0.717, 1.165) is 11.1 Å². The minimum atomic E-state index is -3.85. The van der Waals surface area contributed by atoms with Crippen molar-refractivity contribution < 1.29 is 18.3 Å². The molecule has 0 saturated heterocycles. The maximum absolute atomic E-state index is 12.9. The van der Waals surface area contributed by atoms with E-state index in [1.54, 1.807) is 24.3 Å². The van der Waals surface area contributed by atoms with Crippen LogP contribution in [0, 0.1) is 13.8 Å². The Labute approximate surface area is 141 Å². The molecule has 0 radical (unpaired) electrons. The largest absolute Gasteiger partial charge is 0.480 e. The quantitative estimate of drug-likeness (QED) is 0.883. The zero-order valence-electron chi connectivity index (χ0n) is 13.4. The number of nitrogens with two attached hydrogens (primary N) is 1. The Morgan fingerprint density at radius 1 is 1.00 bits per heavy atom. The summed E-state index contributed by atoms with van der Waals surface area (Å²) >= 11 is 0. The molecule has 3 N–H and O–H groups in total. The maximum atomic E-state index is 12.9. The third-order valence-corrected chi connectivity index (χ3v) is 6.93. The van der Waals surface area contributed by atoms with Gasteiger partial charge in [0, 0.05) is 5.92 Å². The summed E-state index contributed by atoms with van der Waals surface area (Å²) in [6, 6.07) is 13.5. The Balaban J connectivity index is 2.06. The first-order valence-corrected chi connectivity index (χ1v) is 9.13. The Morgan fingerprint density at radius 3 is 1.92 bits per heavy atom. The van der Waals surface area contributed by atoms with E-state index in [2.05, 4.69) is 0 Å². The molecule has 0 heterocycles. The highest BCUT2D eigenvalue weighted by Gasteiger charge is 2.74. The molecule has 0 bridgehead atoms. The van der Waals surface area contributed by atoms with Crippen LogP contribution < -0.4 is 5.73 Å². The molecule has 6 heteroatoms. The summed E-state index contributed by atoms with van der Waals surface area (Å²) in [6.07, 6.45) is 0. The number of aliphatic carboxylic acids is 1. The van der Waals surface area contributed by atoms with Gasteiger partial charge < -0.3 is 10.8 Å². The van der Waals surface area contributed by atoms with Crippen LogP contribution in [0.25, 0.3) is 0 Å². The number of rotatable bonds is 4. The molecule has 126 valence electrons. The molecule has 3 atom stereocenters. The lowest BCUT2D eigenvalue weighted by atomic mass is 10.1. The fraction of sp³-hybridized carbons (Fsp3) is 0.278. The lowest BCUT2D eigenvalue weighted by Gasteiger charge is -2.07. The Morgan fingerprint density at radius 2 is 1.46 bits per heavy atom. The van der Waals surface area contributed by atoms with Crippen LogP contribution in [0.4, 0.5) is 0 Å². The molecule has 2 aromatic carbocycles. The van der Waals surface area contributed by atoms with Crippen LogP contribution in [0.1, 0.15) is 22.6 Å². The predicted molar refractivity (Wildman–Crippen MR) is 90.6 cm³/mol. The van der Waals surface area contributed by atoms with E-state index in [4.69, 9.17) is 5.73 Å². The minimum absolute atomic E-state index is 0.101. The van der Waals surface area contributed by atoms with Gasteiger partial charge >= 0.3 is 5.97 Å². The van der Waals surface area contributed by atoms with E-state index in [1.807, 2.05) is 26.0 Å². The number of carboxylic acids is 1. The van der Waals surface area contributed by atoms with Crippen LogP contribution in [0.15, 0.2) is 53.4 Å². The summed E-state index contributed by atoms with van der Waals surface area (Å²) in [6.45, 7) is 3.76. The molecule has 0 aromatic heterocycles. The zero-order chi connectivity index (χ0) is 17.7. The minimum Gasteiger partial charge on any atom is -0.480 e. The second-order valence-corrected chi connectivity index (χ2v) is 8.47. The number of aryl methyl sites for hydroxylation is 2. The highest BCUT2D eigenvalue weighted by atomic mass is 32.2. The van der Waals surface area contributed by atoms with E-state index < -0.39 is 32.5 Å². The molecule has 1 aliphatic rings. The van der Waals surface area contributed by atoms with Gasteiger partial charge in [0.05, 0.1) is 4.90 Å². The van der Waals surface area contributed by atoms with Crippen molar-refractivity contribution in [3.05, 3.63) is 65.2 Å². The Hall–Kier alpha value is -2.18. The number of carboxylic acid groups (broad SMARTS) is 1. The summed E-state index contributed by atoms with van der Waals surface area (Å²) in [5.41, 5.74) is 6.78. The number of hydrogen-bond acceptors (Lipinski definition) is 4. The van der Waals surface area contributed by atoms with Crippen molar-refractivity contribution in [3.8, 4) is 0 Å². The fourth-order valence-electron chi connectivity index (χ4n) is 3.16. The van der Waals surface area contributed by atoms with Gasteiger partial charge in [0.15, 0.2) is 9.84 Å². The molecule has 0 spiro atoms. The summed E-state index contributed by atoms with van der Waals surface area (Å²) in [7, 11) is -3.85. The van der Waals surface area contributed by atoms with Crippen molar-refractivity contribution in [1.29, 1.82) is 0 Å². The third kappa shape index (κ3) is 2.42. The molecule has 2 aromatic rings. The van der Waals surface area contributed by atoms with Crippen LogP contribution in [0.5, 0.6) is 0 Å². The number of sulfone groups is 1. The standard InChI is InChI=1S/C18H19NO4S/c1-11-3-7-13(8-4-11)15-16(18(15,19)17(20)21)24(22,23)14-9-5-12(2)6-10-14/h3-10,15-16H,19H2,1-2H3,(H,20,21)/t15-,16-,18+/m0/s1. The number of hydrogen-bond donors (Lipinski definition) is 2. The second-order valence-electron chi connectivity index (χ2n) is 6.41. The van der Waals surface area contributed by atoms with Crippen LogP contribution in [0.2, 0.25) is 0 Å². The van der Waals surface area contributed by atoms with Gasteiger partial charge in [0.1, 0.15) is 10.8 Å². The smallest absolute Gasteiger partial charge is 0.325 e. The van der Waals surface area contributed by atoms with Gasteiger partial charge in [0.2, 0.25) is 0 Å². The van der Waals surface area contributed by atoms with Crippen molar-refractivity contribution in [2.45, 2.75) is 35.4 Å². The second kappa shape index (κ2) is 5.43. The molecule has 5 nitrogen and oxygen atoms in total. The molecule has 0 amide bonds. The molecule has 1 aliphatic carbocycles. The highest BCUT2D eigenvalue weighted by molar-refractivity contribution is 7.92. The van der Waals surface area contributed by atoms with Crippen LogP contribution in [-0.2, 0) is 14.6 Å². The first kappa shape index (κ1) is 16.7. The van der Waals surface area contributed by atoms with E-state index in [1.165, 1.54) is 12.1 Å². The predicted octanol–water partition coefficient (Wildman–Crippen LogP) is 2.03. The Bertz CT molecular complexity index is 888. The van der Waals surface area contributed by atoms with Gasteiger partial charge in [0.25, 0.3) is 0 Å². The third-order valence-electron chi connectivity index (χ3n) is 4.67. The van der Waals surface area contributed by atoms with Gasteiger partial charge in [-0.1, -0.05) is 47.5 Å². The first-order chi connectivity index (χ1) is 11.2. The van der Waals surface area contributed by atoms with Crippen LogP contribution >= 0.6 is 0 Å². The van der Waals surface area contributed by atoms with E-state index in [9.17, 15) is 18.3 Å². The molecule has 1 fully saturated rings. The van der Waals surface area contributed by atoms with Crippen LogP contribution in [-0.4, -0.2) is 30.3 Å². The van der Waals surface area contributed by atoms with Gasteiger partial charge in [-0.25, -0.2) is 8.42 Å². The van der Waals surface area contributed by atoms with E-state index in [0.29, 0.717) is 5.56 Å². The van der Waals surface area contributed by atoms with E-state index >= 15 is 0 Å². The molecule has 1 saturated carbocycles. The summed E-state index contributed by atoms with van der Waals surface area (Å²) in [4.78, 5) is 11.8. The first-order valence-electron chi connectivity index (χ1n) is 7.58. The Kier molecular flexibility index (Phi) is 3.77. The lowest BCUT2D eigenvalue weighted by molar-refractivity contribution is -0.139. The monoisotopic (exact) mass is 345 g/mol. The lowest BCUT2D eigenvalue weighted by Crippen LogP contribution is -2.39. The number of benzene rings is 2. The summed E-state index contributed by atoms with van der Waals surface area (Å²) in [5.74, 6) is -2.06.